The number of benzene rings is 2. The maximum atomic E-state index is 11.5. The predicted octanol–water partition coefficient (Wildman–Crippen LogP) is 5.10. The first-order valence-electron chi connectivity index (χ1n) is 7.08. The number of aldehydes is 1. The predicted molar refractivity (Wildman–Crippen MR) is 95.9 cm³/mol. The zero-order valence-electron chi connectivity index (χ0n) is 12.8. The molecule has 0 spiro atoms. The van der Waals surface area contributed by atoms with Gasteiger partial charge in [-0.15, -0.1) is 0 Å². The summed E-state index contributed by atoms with van der Waals surface area (Å²) in [7, 11) is -4.57. The van der Waals surface area contributed by atoms with Crippen LogP contribution in [0.15, 0.2) is 57.8 Å². The largest absolute Gasteiger partial charge is 0.457 e. The van der Waals surface area contributed by atoms with Crippen molar-refractivity contribution >= 4 is 39.6 Å². The molecule has 6 nitrogen and oxygen atoms in total. The van der Waals surface area contributed by atoms with Crippen LogP contribution in [0.1, 0.15) is 10.6 Å². The normalized spacial score (nSPS) is 11.3. The minimum atomic E-state index is -4.57. The number of carbonyl (C=O) groups is 1. The van der Waals surface area contributed by atoms with Gasteiger partial charge >= 0.3 is 0 Å². The molecule has 1 aromatic heterocycles. The molecule has 1 N–H and O–H groups in total. The Morgan fingerprint density at radius 3 is 2.31 bits per heavy atom. The first-order chi connectivity index (χ1) is 12.3. The van der Waals surface area contributed by atoms with Gasteiger partial charge in [0.25, 0.3) is 10.1 Å². The van der Waals surface area contributed by atoms with E-state index in [0.29, 0.717) is 22.6 Å². The van der Waals surface area contributed by atoms with Crippen LogP contribution in [0.5, 0.6) is 11.5 Å². The minimum Gasteiger partial charge on any atom is -0.457 e. The summed E-state index contributed by atoms with van der Waals surface area (Å²) in [5, 5.41) is 0.268. The summed E-state index contributed by atoms with van der Waals surface area (Å²) >= 11 is 11.8. The number of ether oxygens (including phenoxy) is 1. The summed E-state index contributed by atoms with van der Waals surface area (Å²) in [6, 6.07) is 11.6. The number of furan rings is 1. The van der Waals surface area contributed by atoms with E-state index in [4.69, 9.17) is 32.4 Å². The van der Waals surface area contributed by atoms with Crippen LogP contribution in [0.4, 0.5) is 0 Å². The Morgan fingerprint density at radius 1 is 1.04 bits per heavy atom. The molecule has 0 aliphatic carbocycles. The minimum absolute atomic E-state index is 0.0520. The average Bonchev–Trinajstić information content (AvgIpc) is 3.06. The standard InChI is InChI=1S/C17H10Cl2O6S/c18-10-1-3-11(4-2-10)24-16-8-17(26(21,22)23)14(19)7-13(16)15-6-5-12(9-20)25-15/h1-9H,(H,21,22,23). The van der Waals surface area contributed by atoms with E-state index in [-0.39, 0.29) is 22.3 Å². The smallest absolute Gasteiger partial charge is 0.296 e. The lowest BCUT2D eigenvalue weighted by atomic mass is 10.1. The van der Waals surface area contributed by atoms with Gasteiger partial charge in [0.1, 0.15) is 22.2 Å². The topological polar surface area (TPSA) is 93.8 Å². The van der Waals surface area contributed by atoms with E-state index < -0.39 is 15.0 Å². The Balaban J connectivity index is 2.16. The van der Waals surface area contributed by atoms with Gasteiger partial charge in [0, 0.05) is 11.1 Å². The van der Waals surface area contributed by atoms with Gasteiger partial charge in [0.15, 0.2) is 12.0 Å². The fraction of sp³-hybridized carbons (Fsp3) is 0. The monoisotopic (exact) mass is 412 g/mol. The third-order valence-electron chi connectivity index (χ3n) is 3.36. The summed E-state index contributed by atoms with van der Waals surface area (Å²) in [6.07, 6.45) is 0.525. The molecule has 1 heterocycles. The van der Waals surface area contributed by atoms with Crippen LogP contribution in [0.2, 0.25) is 10.0 Å². The third-order valence-corrected chi connectivity index (χ3v) is 4.93. The molecular weight excluding hydrogens is 403 g/mol. The van der Waals surface area contributed by atoms with Crippen LogP contribution in [-0.4, -0.2) is 19.3 Å². The summed E-state index contributed by atoms with van der Waals surface area (Å²) < 4.78 is 43.5. The van der Waals surface area contributed by atoms with E-state index in [0.717, 1.165) is 6.07 Å². The molecule has 3 rings (SSSR count). The highest BCUT2D eigenvalue weighted by molar-refractivity contribution is 7.86. The van der Waals surface area contributed by atoms with Gasteiger partial charge in [-0.3, -0.25) is 9.35 Å². The van der Waals surface area contributed by atoms with Crippen molar-refractivity contribution in [1.29, 1.82) is 0 Å². The number of carbonyl (C=O) groups excluding carboxylic acids is 1. The average molecular weight is 413 g/mol. The summed E-state index contributed by atoms with van der Waals surface area (Å²) in [4.78, 5) is 10.3. The van der Waals surface area contributed by atoms with Gasteiger partial charge in [-0.05, 0) is 42.5 Å². The fourth-order valence-electron chi connectivity index (χ4n) is 2.20. The summed E-state index contributed by atoms with van der Waals surface area (Å²) in [6.45, 7) is 0. The Bertz CT molecular complexity index is 1070. The van der Waals surface area contributed by atoms with Crippen molar-refractivity contribution in [3.63, 3.8) is 0 Å². The van der Waals surface area contributed by atoms with Gasteiger partial charge in [-0.25, -0.2) is 0 Å². The van der Waals surface area contributed by atoms with Crippen LogP contribution >= 0.6 is 23.2 Å². The molecule has 0 bridgehead atoms. The number of halogens is 2. The Morgan fingerprint density at radius 2 is 1.73 bits per heavy atom. The summed E-state index contributed by atoms with van der Waals surface area (Å²) in [5.41, 5.74) is 0.297. The molecule has 9 heteroatoms. The quantitative estimate of drug-likeness (QED) is 0.462. The molecule has 2 aromatic carbocycles. The van der Waals surface area contributed by atoms with E-state index in [1.807, 2.05) is 0 Å². The van der Waals surface area contributed by atoms with E-state index in [1.165, 1.54) is 18.2 Å². The molecule has 0 fully saturated rings. The fourth-order valence-corrected chi connectivity index (χ4v) is 3.34. The van der Waals surface area contributed by atoms with E-state index in [1.54, 1.807) is 24.3 Å². The van der Waals surface area contributed by atoms with Crippen LogP contribution in [0.3, 0.4) is 0 Å². The van der Waals surface area contributed by atoms with Gasteiger partial charge in [0.05, 0.1) is 10.6 Å². The molecule has 0 unspecified atom stereocenters. The number of rotatable bonds is 5. The lowest BCUT2D eigenvalue weighted by Crippen LogP contribution is -2.00. The lowest BCUT2D eigenvalue weighted by molar-refractivity contribution is 0.110. The molecule has 3 aromatic rings. The van der Waals surface area contributed by atoms with Gasteiger partial charge in [-0.2, -0.15) is 8.42 Å². The first-order valence-corrected chi connectivity index (χ1v) is 9.27. The second-order valence-electron chi connectivity index (χ2n) is 5.13. The lowest BCUT2D eigenvalue weighted by Gasteiger charge is -2.12. The maximum absolute atomic E-state index is 11.5. The van der Waals surface area contributed by atoms with Crippen LogP contribution in [0.25, 0.3) is 11.3 Å². The number of hydrogen-bond acceptors (Lipinski definition) is 5. The molecule has 0 saturated carbocycles. The van der Waals surface area contributed by atoms with Crippen molar-refractivity contribution in [2.24, 2.45) is 0 Å². The highest BCUT2D eigenvalue weighted by Crippen LogP contribution is 2.39. The highest BCUT2D eigenvalue weighted by atomic mass is 35.5. The molecule has 0 aliphatic rings. The Hall–Kier alpha value is -2.32. The van der Waals surface area contributed by atoms with E-state index >= 15 is 0 Å². The zero-order valence-corrected chi connectivity index (χ0v) is 15.2. The van der Waals surface area contributed by atoms with Crippen molar-refractivity contribution in [3.8, 4) is 22.8 Å². The molecule has 0 radical (unpaired) electrons. The molecule has 134 valence electrons. The van der Waals surface area contributed by atoms with Gasteiger partial charge in [-0.1, -0.05) is 23.2 Å². The highest BCUT2D eigenvalue weighted by Gasteiger charge is 2.21. The van der Waals surface area contributed by atoms with Crippen molar-refractivity contribution in [1.82, 2.24) is 0 Å². The zero-order chi connectivity index (χ0) is 18.9. The molecule has 0 amide bonds. The van der Waals surface area contributed by atoms with Crippen LogP contribution in [-0.2, 0) is 10.1 Å². The van der Waals surface area contributed by atoms with Gasteiger partial charge < -0.3 is 9.15 Å². The van der Waals surface area contributed by atoms with Gasteiger partial charge in [0.2, 0.25) is 0 Å². The first kappa shape index (κ1) is 18.5. The molecule has 0 saturated heterocycles. The second-order valence-corrected chi connectivity index (χ2v) is 7.36. The van der Waals surface area contributed by atoms with E-state index in [2.05, 4.69) is 0 Å². The SMILES string of the molecule is O=Cc1ccc(-c2cc(Cl)c(S(=O)(=O)O)cc2Oc2ccc(Cl)cc2)o1. The maximum Gasteiger partial charge on any atom is 0.296 e. The summed E-state index contributed by atoms with van der Waals surface area (Å²) in [5.74, 6) is 0.727. The molecule has 26 heavy (non-hydrogen) atoms. The second kappa shape index (κ2) is 7.13. The van der Waals surface area contributed by atoms with Crippen molar-refractivity contribution in [2.45, 2.75) is 4.90 Å². The van der Waals surface area contributed by atoms with E-state index in [9.17, 15) is 17.8 Å². The third kappa shape index (κ3) is 3.91. The van der Waals surface area contributed by atoms with Crippen molar-refractivity contribution in [2.75, 3.05) is 0 Å². The molecule has 0 atom stereocenters. The van der Waals surface area contributed by atoms with Crippen molar-refractivity contribution in [3.05, 3.63) is 64.3 Å². The number of hydrogen-bond donors (Lipinski definition) is 1. The Kier molecular flexibility index (Phi) is 5.06. The van der Waals surface area contributed by atoms with Crippen LogP contribution in [0, 0.1) is 0 Å². The van der Waals surface area contributed by atoms with Crippen LogP contribution < -0.4 is 4.74 Å². The Labute approximate surface area is 158 Å². The molecule has 0 aliphatic heterocycles. The van der Waals surface area contributed by atoms with Crippen molar-refractivity contribution < 1.29 is 26.9 Å². The molecular formula is C17H10Cl2O6S.